The number of fused-ring (bicyclic) bond motifs is 2. The number of hydrogen-bond donors (Lipinski definition) is 4. The third kappa shape index (κ3) is 8.44. The van der Waals surface area contributed by atoms with E-state index in [2.05, 4.69) is 17.4 Å². The molecule has 5 aromatic carbocycles. The van der Waals surface area contributed by atoms with Gasteiger partial charge >= 0.3 is 0 Å². The minimum atomic E-state index is -0.828. The van der Waals surface area contributed by atoms with E-state index >= 15 is 4.79 Å². The minimum Gasteiger partial charge on any atom is -0.390 e. The number of carbonyl (C=O) groups is 2. The summed E-state index contributed by atoms with van der Waals surface area (Å²) < 4.78 is 0. The zero-order valence-corrected chi connectivity index (χ0v) is 30.0. The summed E-state index contributed by atoms with van der Waals surface area (Å²) in [6, 6.07) is 44.4. The first-order valence-corrected chi connectivity index (χ1v) is 18.8. The van der Waals surface area contributed by atoms with Crippen molar-refractivity contribution in [3.05, 3.63) is 178 Å². The normalized spacial score (nSPS) is 20.6. The zero-order valence-electron chi connectivity index (χ0n) is 30.0. The molecule has 5 aromatic rings. The maximum atomic E-state index is 15.6. The highest BCUT2D eigenvalue weighted by molar-refractivity contribution is 5.81. The molecule has 0 fully saturated rings. The van der Waals surface area contributed by atoms with Crippen LogP contribution < -0.4 is 11.1 Å². The Hall–Kier alpha value is -5.08. The van der Waals surface area contributed by atoms with E-state index in [1.807, 2.05) is 132 Å². The minimum absolute atomic E-state index is 0.124. The van der Waals surface area contributed by atoms with E-state index in [1.54, 1.807) is 0 Å². The average molecular weight is 708 g/mol. The van der Waals surface area contributed by atoms with Gasteiger partial charge in [0.15, 0.2) is 0 Å². The van der Waals surface area contributed by atoms with Crippen LogP contribution in [0, 0.1) is 11.8 Å². The van der Waals surface area contributed by atoms with Crippen molar-refractivity contribution in [3.8, 4) is 0 Å². The molecule has 0 spiro atoms. The molecule has 2 aliphatic rings. The van der Waals surface area contributed by atoms with Gasteiger partial charge < -0.3 is 26.2 Å². The second-order valence-corrected chi connectivity index (χ2v) is 14.8. The number of nitrogens with two attached hydrogens (primary N) is 1. The van der Waals surface area contributed by atoms with Crippen molar-refractivity contribution in [2.75, 3.05) is 0 Å². The van der Waals surface area contributed by atoms with E-state index in [0.29, 0.717) is 45.1 Å². The molecule has 0 heterocycles. The highest BCUT2D eigenvalue weighted by Gasteiger charge is 2.48. The first-order chi connectivity index (χ1) is 25.9. The maximum Gasteiger partial charge on any atom is 0.227 e. The summed E-state index contributed by atoms with van der Waals surface area (Å²) in [5, 5.41) is 27.3. The van der Waals surface area contributed by atoms with E-state index in [4.69, 9.17) is 5.73 Å². The van der Waals surface area contributed by atoms with Gasteiger partial charge in [-0.2, -0.15) is 0 Å². The summed E-state index contributed by atoms with van der Waals surface area (Å²) in [4.78, 5) is 30.5. The lowest BCUT2D eigenvalue weighted by Gasteiger charge is -2.41. The van der Waals surface area contributed by atoms with E-state index in [0.717, 1.165) is 38.9 Å². The number of carbonyl (C=O) groups excluding carboxylic acids is 2. The summed E-state index contributed by atoms with van der Waals surface area (Å²) in [6.07, 6.45) is 1.02. The van der Waals surface area contributed by atoms with Crippen LogP contribution in [0.25, 0.3) is 0 Å². The number of amides is 2. The quantitative estimate of drug-likeness (QED) is 0.102. The highest BCUT2D eigenvalue weighted by Crippen LogP contribution is 2.46. The van der Waals surface area contributed by atoms with Gasteiger partial charge in [0.05, 0.1) is 24.3 Å². The van der Waals surface area contributed by atoms with Crippen LogP contribution in [0.15, 0.2) is 140 Å². The summed E-state index contributed by atoms with van der Waals surface area (Å²) >= 11 is 0. The monoisotopic (exact) mass is 707 g/mol. The summed E-state index contributed by atoms with van der Waals surface area (Å²) in [5.74, 6) is -1.50. The van der Waals surface area contributed by atoms with E-state index in [1.165, 1.54) is 0 Å². The summed E-state index contributed by atoms with van der Waals surface area (Å²) in [7, 11) is 0. The van der Waals surface area contributed by atoms with Crippen molar-refractivity contribution < 1.29 is 19.8 Å². The van der Waals surface area contributed by atoms with Crippen LogP contribution in [-0.4, -0.2) is 45.2 Å². The molecule has 2 amide bonds. The molecule has 2 aliphatic carbocycles. The van der Waals surface area contributed by atoms with Crippen LogP contribution in [0.2, 0.25) is 0 Å². The number of primary amides is 1. The first-order valence-electron chi connectivity index (χ1n) is 18.8. The molecule has 272 valence electrons. The summed E-state index contributed by atoms with van der Waals surface area (Å²) in [6.45, 7) is 0.557. The SMILES string of the molecule is NC(=O)C(Cc1ccccc1)C[C@H](C[C@@H](Cc1ccccc1)C(=O)N([C@H]1c2ccccc2C[C@H]1O)[C@H]1c2ccccc2C[C@H]1O)NCc1ccccc1. The molecule has 0 aromatic heterocycles. The van der Waals surface area contributed by atoms with Crippen molar-refractivity contribution in [2.24, 2.45) is 17.6 Å². The largest absolute Gasteiger partial charge is 0.390 e. The Kier molecular flexibility index (Phi) is 11.4. The molecule has 0 radical (unpaired) electrons. The third-order valence-corrected chi connectivity index (χ3v) is 11.2. The molecule has 5 N–H and O–H groups in total. The van der Waals surface area contributed by atoms with Crippen LogP contribution in [0.4, 0.5) is 0 Å². The fraction of sp³-hybridized carbons (Fsp3) is 0.304. The number of aliphatic hydroxyl groups excluding tert-OH is 2. The number of rotatable bonds is 15. The number of benzene rings is 5. The van der Waals surface area contributed by atoms with Crippen LogP contribution in [0.5, 0.6) is 0 Å². The predicted octanol–water partition coefficient (Wildman–Crippen LogP) is 6.27. The average Bonchev–Trinajstić information content (AvgIpc) is 3.69. The Morgan fingerprint density at radius 2 is 1.02 bits per heavy atom. The third-order valence-electron chi connectivity index (χ3n) is 11.2. The zero-order chi connectivity index (χ0) is 36.7. The Balaban J connectivity index is 1.28. The van der Waals surface area contributed by atoms with Gasteiger partial charge in [-0.3, -0.25) is 9.59 Å². The Labute approximate surface area is 312 Å². The van der Waals surface area contributed by atoms with Gasteiger partial charge in [0.2, 0.25) is 11.8 Å². The predicted molar refractivity (Wildman–Crippen MR) is 207 cm³/mol. The lowest BCUT2D eigenvalue weighted by molar-refractivity contribution is -0.148. The van der Waals surface area contributed by atoms with Crippen LogP contribution in [0.1, 0.15) is 63.9 Å². The number of aliphatic hydroxyl groups is 2. The molecule has 7 heteroatoms. The van der Waals surface area contributed by atoms with Crippen LogP contribution in [0.3, 0.4) is 0 Å². The molecule has 0 saturated carbocycles. The van der Waals surface area contributed by atoms with Gasteiger partial charge in [-0.1, -0.05) is 140 Å². The van der Waals surface area contributed by atoms with Crippen molar-refractivity contribution in [2.45, 2.75) is 75.4 Å². The highest BCUT2D eigenvalue weighted by atomic mass is 16.3. The maximum absolute atomic E-state index is 15.6. The Morgan fingerprint density at radius 3 is 1.51 bits per heavy atom. The van der Waals surface area contributed by atoms with E-state index in [-0.39, 0.29) is 17.9 Å². The van der Waals surface area contributed by atoms with E-state index < -0.39 is 36.1 Å². The number of hydrogen-bond acceptors (Lipinski definition) is 5. The second kappa shape index (κ2) is 16.7. The second-order valence-electron chi connectivity index (χ2n) is 14.8. The molecule has 0 saturated heterocycles. The van der Waals surface area contributed by atoms with Gasteiger partial charge in [-0.25, -0.2) is 0 Å². The fourth-order valence-electron chi connectivity index (χ4n) is 8.61. The molecular weight excluding hydrogens is 659 g/mol. The van der Waals surface area contributed by atoms with Gasteiger partial charge in [-0.05, 0) is 64.6 Å². The topological polar surface area (TPSA) is 116 Å². The van der Waals surface area contributed by atoms with Crippen molar-refractivity contribution in [1.82, 2.24) is 10.2 Å². The number of nitrogens with one attached hydrogen (secondary N) is 1. The lowest BCUT2D eigenvalue weighted by Crippen LogP contribution is -2.48. The first kappa shape index (κ1) is 36.3. The standard InChI is InChI=1S/C46H49N3O4/c47-45(52)36(24-31-14-4-1-5-15-31)26-38(48-30-33-18-8-3-9-19-33)27-37(25-32-16-6-2-7-17-32)46(53)49(43-39-22-12-10-20-34(39)28-41(43)50)44-40-23-13-11-21-35(40)29-42(44)51/h1-23,36-38,41-44,48,50-51H,24-30H2,(H2,47,52)/t36?,37-,38-,41-,42-,43+,44+/m1/s1. The molecule has 0 aliphatic heterocycles. The van der Waals surface area contributed by atoms with Gasteiger partial charge in [-0.15, -0.1) is 0 Å². The summed E-state index contributed by atoms with van der Waals surface area (Å²) in [5.41, 5.74) is 13.1. The van der Waals surface area contributed by atoms with Gasteiger partial charge in [0.25, 0.3) is 0 Å². The van der Waals surface area contributed by atoms with Crippen molar-refractivity contribution in [3.63, 3.8) is 0 Å². The van der Waals surface area contributed by atoms with Gasteiger partial charge in [0, 0.05) is 37.3 Å². The molecule has 0 bridgehead atoms. The van der Waals surface area contributed by atoms with E-state index in [9.17, 15) is 15.0 Å². The van der Waals surface area contributed by atoms with Crippen LogP contribution in [-0.2, 0) is 41.8 Å². The molecule has 7 atom stereocenters. The molecule has 7 nitrogen and oxygen atoms in total. The molecular formula is C46H49N3O4. The van der Waals surface area contributed by atoms with Crippen molar-refractivity contribution >= 4 is 11.8 Å². The molecule has 7 rings (SSSR count). The Bertz CT molecular complexity index is 1910. The lowest BCUT2D eigenvalue weighted by atomic mass is 9.84. The van der Waals surface area contributed by atoms with Crippen molar-refractivity contribution in [1.29, 1.82) is 0 Å². The smallest absolute Gasteiger partial charge is 0.227 e. The molecule has 1 unspecified atom stereocenters. The fourth-order valence-corrected chi connectivity index (χ4v) is 8.61. The molecule has 53 heavy (non-hydrogen) atoms. The number of nitrogens with zero attached hydrogens (tertiary/aromatic N) is 1. The van der Waals surface area contributed by atoms with Gasteiger partial charge in [0.1, 0.15) is 0 Å². The van der Waals surface area contributed by atoms with Crippen LogP contribution >= 0.6 is 0 Å². The Morgan fingerprint density at radius 1 is 0.604 bits per heavy atom.